The van der Waals surface area contributed by atoms with Gasteiger partial charge in [-0.25, -0.2) is 4.99 Å². The van der Waals surface area contributed by atoms with Crippen LogP contribution in [0.2, 0.25) is 0 Å². The molecule has 2 aliphatic rings. The second kappa shape index (κ2) is 12.6. The minimum atomic E-state index is 0. The maximum atomic E-state index is 5.47. The fourth-order valence-corrected chi connectivity index (χ4v) is 3.81. The fraction of sp³-hybridized carbons (Fsp3) is 0.667. The summed E-state index contributed by atoms with van der Waals surface area (Å²) >= 11 is 0. The summed E-state index contributed by atoms with van der Waals surface area (Å²) in [6, 6.07) is 8.68. The second-order valence-electron chi connectivity index (χ2n) is 7.65. The van der Waals surface area contributed by atoms with E-state index >= 15 is 0 Å². The maximum absolute atomic E-state index is 5.47. The Morgan fingerprint density at radius 1 is 1.14 bits per heavy atom. The van der Waals surface area contributed by atoms with E-state index < -0.39 is 0 Å². The van der Waals surface area contributed by atoms with Crippen molar-refractivity contribution in [3.05, 3.63) is 35.4 Å². The Balaban J connectivity index is 0.00000280. The number of hydrogen-bond acceptors (Lipinski definition) is 4. The van der Waals surface area contributed by atoms with E-state index in [-0.39, 0.29) is 24.0 Å². The second-order valence-corrected chi connectivity index (χ2v) is 7.65. The number of guanidine groups is 1. The summed E-state index contributed by atoms with van der Waals surface area (Å²) < 4.78 is 5.47. The largest absolute Gasteiger partial charge is 0.379 e. The Morgan fingerprint density at radius 3 is 2.57 bits per heavy atom. The van der Waals surface area contributed by atoms with Crippen LogP contribution >= 0.6 is 24.0 Å². The van der Waals surface area contributed by atoms with E-state index in [0.717, 1.165) is 51.9 Å². The van der Waals surface area contributed by atoms with Crippen molar-refractivity contribution in [2.75, 3.05) is 59.5 Å². The van der Waals surface area contributed by atoms with Crippen LogP contribution in [0.25, 0.3) is 0 Å². The summed E-state index contributed by atoms with van der Waals surface area (Å²) in [7, 11) is 2.20. The zero-order valence-corrected chi connectivity index (χ0v) is 19.7. The number of ether oxygens (including phenoxy) is 1. The van der Waals surface area contributed by atoms with Gasteiger partial charge in [0.05, 0.1) is 19.8 Å². The Labute approximate surface area is 187 Å². The smallest absolute Gasteiger partial charge is 0.191 e. The molecule has 7 heteroatoms. The topological polar surface area (TPSA) is 52.1 Å². The van der Waals surface area contributed by atoms with Crippen LogP contribution < -0.4 is 10.6 Å². The molecule has 0 saturated carbocycles. The third kappa shape index (κ3) is 7.50. The van der Waals surface area contributed by atoms with Gasteiger partial charge in [0.15, 0.2) is 5.96 Å². The van der Waals surface area contributed by atoms with Gasteiger partial charge in [0, 0.05) is 39.3 Å². The molecule has 0 aromatic heterocycles. The van der Waals surface area contributed by atoms with Crippen molar-refractivity contribution in [3.8, 4) is 0 Å². The van der Waals surface area contributed by atoms with Gasteiger partial charge >= 0.3 is 0 Å². The summed E-state index contributed by atoms with van der Waals surface area (Å²) in [4.78, 5) is 9.72. The van der Waals surface area contributed by atoms with Gasteiger partial charge in [0.25, 0.3) is 0 Å². The molecule has 0 amide bonds. The van der Waals surface area contributed by atoms with Crippen LogP contribution in [0, 0.1) is 5.92 Å². The van der Waals surface area contributed by atoms with Crippen molar-refractivity contribution in [1.82, 2.24) is 20.4 Å². The van der Waals surface area contributed by atoms with Gasteiger partial charge in [-0.15, -0.1) is 24.0 Å². The van der Waals surface area contributed by atoms with Gasteiger partial charge in [-0.3, -0.25) is 4.90 Å². The highest BCUT2D eigenvalue weighted by molar-refractivity contribution is 14.0. The number of nitrogens with zero attached hydrogens (tertiary/aromatic N) is 3. The minimum absolute atomic E-state index is 0. The van der Waals surface area contributed by atoms with Crippen LogP contribution in [0.4, 0.5) is 0 Å². The molecular weight excluding hydrogens is 465 g/mol. The van der Waals surface area contributed by atoms with Crippen molar-refractivity contribution in [2.45, 2.75) is 26.4 Å². The molecule has 0 radical (unpaired) electrons. The van der Waals surface area contributed by atoms with Gasteiger partial charge in [0.1, 0.15) is 0 Å². The lowest BCUT2D eigenvalue weighted by Gasteiger charge is -2.27. The van der Waals surface area contributed by atoms with Crippen LogP contribution in [-0.4, -0.2) is 75.3 Å². The molecule has 0 bridgehead atoms. The fourth-order valence-electron chi connectivity index (χ4n) is 3.81. The predicted molar refractivity (Wildman–Crippen MR) is 126 cm³/mol. The van der Waals surface area contributed by atoms with E-state index in [1.807, 2.05) is 0 Å². The number of aliphatic imine (C=N–C) groups is 1. The van der Waals surface area contributed by atoms with E-state index in [9.17, 15) is 0 Å². The molecule has 2 aliphatic heterocycles. The average molecular weight is 501 g/mol. The molecule has 2 heterocycles. The molecule has 158 valence electrons. The van der Waals surface area contributed by atoms with Crippen LogP contribution in [0.15, 0.2) is 29.3 Å². The molecule has 28 heavy (non-hydrogen) atoms. The van der Waals surface area contributed by atoms with E-state index in [0.29, 0.717) is 12.5 Å². The number of hydrogen-bond donors (Lipinski definition) is 2. The number of morpholine rings is 1. The highest BCUT2D eigenvalue weighted by atomic mass is 127. The van der Waals surface area contributed by atoms with Crippen molar-refractivity contribution in [3.63, 3.8) is 0 Å². The van der Waals surface area contributed by atoms with E-state index in [4.69, 9.17) is 9.73 Å². The van der Waals surface area contributed by atoms with Crippen molar-refractivity contribution >= 4 is 29.9 Å². The number of rotatable bonds is 7. The summed E-state index contributed by atoms with van der Waals surface area (Å²) in [5.74, 6) is 1.64. The normalized spacial score (nSPS) is 21.4. The lowest BCUT2D eigenvalue weighted by Crippen LogP contribution is -2.40. The molecule has 1 unspecified atom stereocenters. The molecule has 1 atom stereocenters. The predicted octanol–water partition coefficient (Wildman–Crippen LogP) is 2.14. The Hall–Kier alpha value is -0.900. The van der Waals surface area contributed by atoms with Crippen LogP contribution in [0.1, 0.15) is 24.5 Å². The number of benzene rings is 1. The highest BCUT2D eigenvalue weighted by Crippen LogP contribution is 2.15. The summed E-state index contributed by atoms with van der Waals surface area (Å²) in [5.41, 5.74) is 2.68. The van der Waals surface area contributed by atoms with Crippen molar-refractivity contribution in [1.29, 1.82) is 0 Å². The zero-order valence-electron chi connectivity index (χ0n) is 17.3. The lowest BCUT2D eigenvalue weighted by molar-refractivity contribution is 0.0341. The summed E-state index contributed by atoms with van der Waals surface area (Å²) in [6.07, 6.45) is 1.27. The first-order valence-electron chi connectivity index (χ1n) is 10.3. The first kappa shape index (κ1) is 23.4. The van der Waals surface area contributed by atoms with Crippen LogP contribution in [-0.2, 0) is 17.8 Å². The van der Waals surface area contributed by atoms with Gasteiger partial charge in [-0.1, -0.05) is 24.3 Å². The van der Waals surface area contributed by atoms with Crippen LogP contribution in [0.5, 0.6) is 0 Å². The van der Waals surface area contributed by atoms with Gasteiger partial charge in [-0.05, 0) is 44.0 Å². The Morgan fingerprint density at radius 2 is 1.89 bits per heavy atom. The Bertz CT molecular complexity index is 606. The molecule has 6 nitrogen and oxygen atoms in total. The summed E-state index contributed by atoms with van der Waals surface area (Å²) in [5, 5.41) is 6.93. The quantitative estimate of drug-likeness (QED) is 0.341. The molecule has 2 fully saturated rings. The monoisotopic (exact) mass is 501 g/mol. The number of halogens is 1. The van der Waals surface area contributed by atoms with Gasteiger partial charge in [0.2, 0.25) is 0 Å². The molecule has 3 rings (SSSR count). The molecule has 0 spiro atoms. The van der Waals surface area contributed by atoms with Crippen LogP contribution in [0.3, 0.4) is 0 Å². The third-order valence-electron chi connectivity index (χ3n) is 5.41. The Kier molecular flexibility index (Phi) is 10.5. The molecule has 2 saturated heterocycles. The van der Waals surface area contributed by atoms with Crippen molar-refractivity contribution in [2.24, 2.45) is 10.9 Å². The first-order valence-corrected chi connectivity index (χ1v) is 10.3. The molecule has 1 aromatic carbocycles. The SMILES string of the molecule is CCNC(=NCc1ccccc1CN1CCOCC1)NCC1CCN(C)C1.I. The van der Waals surface area contributed by atoms with Crippen molar-refractivity contribution < 1.29 is 4.74 Å². The molecular formula is C21H36IN5O. The lowest BCUT2D eigenvalue weighted by atomic mass is 10.1. The molecule has 0 aliphatic carbocycles. The summed E-state index contributed by atoms with van der Waals surface area (Å²) in [6.45, 7) is 11.8. The first-order chi connectivity index (χ1) is 13.2. The molecule has 2 N–H and O–H groups in total. The zero-order chi connectivity index (χ0) is 18.9. The van der Waals surface area contributed by atoms with Gasteiger partial charge in [-0.2, -0.15) is 0 Å². The van der Waals surface area contributed by atoms with E-state index in [1.54, 1.807) is 0 Å². The maximum Gasteiger partial charge on any atom is 0.191 e. The molecule has 1 aromatic rings. The van der Waals surface area contributed by atoms with E-state index in [1.165, 1.54) is 30.6 Å². The van der Waals surface area contributed by atoms with E-state index in [2.05, 4.69) is 58.7 Å². The van der Waals surface area contributed by atoms with Gasteiger partial charge < -0.3 is 20.3 Å². The number of likely N-dealkylation sites (tertiary alicyclic amines) is 1. The highest BCUT2D eigenvalue weighted by Gasteiger charge is 2.19. The number of nitrogens with one attached hydrogen (secondary N) is 2. The third-order valence-corrected chi connectivity index (χ3v) is 5.41. The minimum Gasteiger partial charge on any atom is -0.379 e. The average Bonchev–Trinajstić information content (AvgIpc) is 3.11. The standard InChI is InChI=1S/C21H35N5O.HI/c1-3-22-21(23-14-18-8-9-25(2)16-18)24-15-19-6-4-5-7-20(19)17-26-10-12-27-13-11-26;/h4-7,18H,3,8-17H2,1-2H3,(H2,22,23,24);1H.